The van der Waals surface area contributed by atoms with Crippen LogP contribution in [0.5, 0.6) is 0 Å². The fraction of sp³-hybridized carbons (Fsp3) is 0.600. The Bertz CT molecular complexity index is 2130. The standard InChI is InChI=1S/C45H62N8O4S/c1-8-52-39-13-12-30-20-33(39)35(42(52)34-21-32(25-47-41(34)29(3)56-7)51-15-10-14-50(6)17-18-51)23-45(4,5)27-57-44(55)36-11-9-16-53(49-36)43(54)37(46-24-31-19-28(31)2)22-40-48-38(30)26-58-40/h12-13,20-21,25-26,28-29,31,36-37,46,49H,8-11,14-19,22-24,27H2,1-7H3/t28-,29-,31+,36-,37-/m0/s1. The minimum absolute atomic E-state index is 0.0487. The molecule has 0 radical (unpaired) electrons. The number of nitrogens with zero attached hydrogens (tertiary/aromatic N) is 6. The number of amides is 1. The third kappa shape index (κ3) is 8.56. The SMILES string of the molecule is CCn1c(-c2cc(N3CCCN(C)CC3)cnc2[C@H](C)OC)c2c3cc(ccc31)-c1csc(n1)C[C@H](NC[C@H]1C[C@@H]1C)C(=O)N1CCC[C@H](N1)C(=O)OCC(C)(C)C2. The highest BCUT2D eigenvalue weighted by atomic mass is 32.1. The lowest BCUT2D eigenvalue weighted by Crippen LogP contribution is -2.60. The predicted octanol–water partition coefficient (Wildman–Crippen LogP) is 6.47. The van der Waals surface area contributed by atoms with Crippen LogP contribution in [0, 0.1) is 17.3 Å². The van der Waals surface area contributed by atoms with Crippen molar-refractivity contribution in [1.29, 1.82) is 0 Å². The summed E-state index contributed by atoms with van der Waals surface area (Å²) < 4.78 is 14.6. The zero-order valence-corrected chi connectivity index (χ0v) is 36.3. The van der Waals surface area contributed by atoms with Crippen molar-refractivity contribution in [3.63, 3.8) is 0 Å². The Kier molecular flexibility index (Phi) is 12.0. The molecule has 5 atom stereocenters. The number of aryl methyl sites for hydroxylation is 1. The topological polar surface area (TPSA) is 117 Å². The normalized spacial score (nSPS) is 25.0. The summed E-state index contributed by atoms with van der Waals surface area (Å²) in [4.78, 5) is 43.2. The summed E-state index contributed by atoms with van der Waals surface area (Å²) >= 11 is 1.60. The molecule has 0 unspecified atom stereocenters. The van der Waals surface area contributed by atoms with Crippen molar-refractivity contribution in [1.82, 2.24) is 35.2 Å². The van der Waals surface area contributed by atoms with Gasteiger partial charge in [-0.2, -0.15) is 0 Å². The number of ether oxygens (including phenoxy) is 2. The summed E-state index contributed by atoms with van der Waals surface area (Å²) in [6.07, 6.45) is 6.54. The van der Waals surface area contributed by atoms with Crippen LogP contribution in [-0.2, 0) is 38.4 Å². The van der Waals surface area contributed by atoms with Crippen LogP contribution >= 0.6 is 11.3 Å². The number of carbonyl (C=O) groups is 2. The number of nitrogens with one attached hydrogen (secondary N) is 2. The molecule has 0 spiro atoms. The minimum Gasteiger partial charge on any atom is -0.464 e. The largest absolute Gasteiger partial charge is 0.464 e. The third-order valence-corrected chi connectivity index (χ3v) is 13.8. The Morgan fingerprint density at radius 1 is 1.12 bits per heavy atom. The molecule has 4 aromatic rings. The number of cyclic esters (lactones) is 1. The molecule has 1 saturated carbocycles. The van der Waals surface area contributed by atoms with Crippen molar-refractivity contribution < 1.29 is 19.1 Å². The van der Waals surface area contributed by atoms with Gasteiger partial charge in [-0.05, 0) is 102 Å². The molecular formula is C45H62N8O4S. The molecule has 1 aromatic carbocycles. The number of hydrogen-bond donors (Lipinski definition) is 2. The summed E-state index contributed by atoms with van der Waals surface area (Å²) in [7, 11) is 3.95. The van der Waals surface area contributed by atoms with Gasteiger partial charge in [-0.3, -0.25) is 19.6 Å². The van der Waals surface area contributed by atoms with Crippen LogP contribution < -0.4 is 15.6 Å². The maximum atomic E-state index is 14.1. The number of hydrazine groups is 1. The highest BCUT2D eigenvalue weighted by molar-refractivity contribution is 7.10. The zero-order chi connectivity index (χ0) is 40.7. The van der Waals surface area contributed by atoms with E-state index < -0.39 is 17.5 Å². The van der Waals surface area contributed by atoms with Crippen LogP contribution in [0.25, 0.3) is 33.4 Å². The van der Waals surface area contributed by atoms with E-state index in [1.165, 1.54) is 12.0 Å². The van der Waals surface area contributed by atoms with Gasteiger partial charge in [0.2, 0.25) is 0 Å². The first-order chi connectivity index (χ1) is 27.9. The lowest BCUT2D eigenvalue weighted by molar-refractivity contribution is -0.155. The number of hydrogen-bond acceptors (Lipinski definition) is 11. The molecule has 312 valence electrons. The molecule has 3 fully saturated rings. The highest BCUT2D eigenvalue weighted by Crippen LogP contribution is 2.43. The molecular weight excluding hydrogens is 749 g/mol. The lowest BCUT2D eigenvalue weighted by Gasteiger charge is -2.35. The van der Waals surface area contributed by atoms with Gasteiger partial charge >= 0.3 is 5.97 Å². The number of pyridine rings is 1. The van der Waals surface area contributed by atoms with Gasteiger partial charge in [0, 0.05) is 79.1 Å². The van der Waals surface area contributed by atoms with Crippen molar-refractivity contribution in [2.75, 3.05) is 64.9 Å². The number of aromatic nitrogens is 3. The zero-order valence-electron chi connectivity index (χ0n) is 35.5. The van der Waals surface area contributed by atoms with Crippen molar-refractivity contribution in [3.8, 4) is 22.5 Å². The second kappa shape index (κ2) is 17.0. The first kappa shape index (κ1) is 40.9. The average Bonchev–Trinajstić information content (AvgIpc) is 3.69. The molecule has 4 aliphatic rings. The van der Waals surface area contributed by atoms with E-state index in [-0.39, 0.29) is 24.6 Å². The fourth-order valence-electron chi connectivity index (χ4n) is 9.10. The van der Waals surface area contributed by atoms with Crippen LogP contribution in [-0.4, -0.2) is 108 Å². The molecule has 12 nitrogen and oxygen atoms in total. The van der Waals surface area contributed by atoms with E-state index in [0.29, 0.717) is 37.6 Å². The molecule has 2 saturated heterocycles. The number of carbonyl (C=O) groups excluding carboxylic acids is 2. The van der Waals surface area contributed by atoms with Crippen molar-refractivity contribution in [3.05, 3.63) is 52.1 Å². The number of fused-ring (bicyclic) bond motifs is 6. The molecule has 3 aromatic heterocycles. The first-order valence-electron chi connectivity index (χ1n) is 21.5. The first-order valence-corrected chi connectivity index (χ1v) is 22.3. The van der Waals surface area contributed by atoms with Crippen molar-refractivity contribution in [2.24, 2.45) is 17.3 Å². The van der Waals surface area contributed by atoms with Crippen LogP contribution in [0.2, 0.25) is 0 Å². The molecule has 3 aliphatic heterocycles. The maximum Gasteiger partial charge on any atom is 0.324 e. The number of esters is 1. The van der Waals surface area contributed by atoms with E-state index in [1.54, 1.807) is 23.5 Å². The van der Waals surface area contributed by atoms with Crippen LogP contribution in [0.3, 0.4) is 0 Å². The van der Waals surface area contributed by atoms with Gasteiger partial charge in [-0.25, -0.2) is 10.4 Å². The Morgan fingerprint density at radius 3 is 2.72 bits per heavy atom. The quantitative estimate of drug-likeness (QED) is 0.192. The molecule has 6 bridgehead atoms. The van der Waals surface area contributed by atoms with Gasteiger partial charge in [0.15, 0.2) is 0 Å². The Balaban J connectivity index is 1.26. The van der Waals surface area contributed by atoms with E-state index >= 15 is 0 Å². The summed E-state index contributed by atoms with van der Waals surface area (Å²) in [5.74, 6) is 0.886. The maximum absolute atomic E-state index is 14.1. The average molecular weight is 811 g/mol. The molecule has 2 N–H and O–H groups in total. The molecule has 1 amide bonds. The predicted molar refractivity (Wildman–Crippen MR) is 231 cm³/mol. The molecule has 6 heterocycles. The van der Waals surface area contributed by atoms with Crippen LogP contribution in [0.1, 0.15) is 82.7 Å². The Morgan fingerprint density at radius 2 is 1.95 bits per heavy atom. The summed E-state index contributed by atoms with van der Waals surface area (Å²) in [6, 6.07) is 8.00. The smallest absolute Gasteiger partial charge is 0.324 e. The van der Waals surface area contributed by atoms with Gasteiger partial charge in [-0.1, -0.05) is 26.8 Å². The van der Waals surface area contributed by atoms with Gasteiger partial charge < -0.3 is 29.2 Å². The second-order valence-electron chi connectivity index (χ2n) is 18.0. The number of anilines is 1. The van der Waals surface area contributed by atoms with Gasteiger partial charge in [-0.15, -0.1) is 11.3 Å². The van der Waals surface area contributed by atoms with Crippen LogP contribution in [0.4, 0.5) is 5.69 Å². The number of rotatable bonds is 8. The molecule has 58 heavy (non-hydrogen) atoms. The molecule has 8 rings (SSSR count). The number of likely N-dealkylation sites (N-methyl/N-ethyl adjacent to an activating group) is 1. The molecule has 13 heteroatoms. The summed E-state index contributed by atoms with van der Waals surface area (Å²) in [5, 5.41) is 9.44. The highest BCUT2D eigenvalue weighted by Gasteiger charge is 2.37. The van der Waals surface area contributed by atoms with Crippen LogP contribution in [0.15, 0.2) is 35.8 Å². The molecule has 1 aliphatic carbocycles. The third-order valence-electron chi connectivity index (χ3n) is 12.9. The van der Waals surface area contributed by atoms with Crippen molar-refractivity contribution in [2.45, 2.75) is 97.9 Å². The lowest BCUT2D eigenvalue weighted by atomic mass is 9.84. The van der Waals surface area contributed by atoms with Crippen molar-refractivity contribution >= 4 is 39.8 Å². The fourth-order valence-corrected chi connectivity index (χ4v) is 9.95. The van der Waals surface area contributed by atoms with E-state index in [4.69, 9.17) is 19.4 Å². The number of methoxy groups -OCH3 is 1. The van der Waals surface area contributed by atoms with Gasteiger partial charge in [0.1, 0.15) is 6.04 Å². The Labute approximate surface area is 347 Å². The second-order valence-corrected chi connectivity index (χ2v) is 18.9. The number of benzene rings is 1. The minimum atomic E-state index is -0.589. The Hall–Kier alpha value is -3.88. The van der Waals surface area contributed by atoms with E-state index in [1.807, 2.05) is 6.20 Å². The van der Waals surface area contributed by atoms with E-state index in [0.717, 1.165) is 102 Å². The van der Waals surface area contributed by atoms with E-state index in [2.05, 4.69) is 96.4 Å². The van der Waals surface area contributed by atoms with E-state index in [9.17, 15) is 9.59 Å². The summed E-state index contributed by atoms with van der Waals surface area (Å²) in [5.41, 5.74) is 11.4. The van der Waals surface area contributed by atoms with Gasteiger partial charge in [0.05, 0.1) is 52.7 Å². The number of thiazole rings is 1. The summed E-state index contributed by atoms with van der Waals surface area (Å²) in [6.45, 7) is 17.2. The monoisotopic (exact) mass is 810 g/mol. The van der Waals surface area contributed by atoms with Gasteiger partial charge in [0.25, 0.3) is 5.91 Å².